The van der Waals surface area contributed by atoms with Gasteiger partial charge in [0.1, 0.15) is 0 Å². The van der Waals surface area contributed by atoms with Gasteiger partial charge in [0.05, 0.1) is 23.8 Å². The van der Waals surface area contributed by atoms with Crippen molar-refractivity contribution < 1.29 is 19.8 Å². The van der Waals surface area contributed by atoms with Gasteiger partial charge in [-0.1, -0.05) is 54.6 Å². The van der Waals surface area contributed by atoms with Crippen LogP contribution < -0.4 is 15.5 Å². The summed E-state index contributed by atoms with van der Waals surface area (Å²) in [4.78, 5) is 28.0. The fourth-order valence-electron chi connectivity index (χ4n) is 5.58. The maximum absolute atomic E-state index is 13.8. The first-order valence-corrected chi connectivity index (χ1v) is 14.3. The van der Waals surface area contributed by atoms with E-state index in [2.05, 4.69) is 20.9 Å². The van der Waals surface area contributed by atoms with Crippen molar-refractivity contribution >= 4 is 23.2 Å². The van der Waals surface area contributed by atoms with Crippen molar-refractivity contribution in [2.45, 2.75) is 51.3 Å². The van der Waals surface area contributed by atoms with E-state index in [1.807, 2.05) is 73.8 Å². The van der Waals surface area contributed by atoms with Crippen molar-refractivity contribution in [1.29, 1.82) is 0 Å². The second kappa shape index (κ2) is 12.8. The number of carbonyl (C=O) groups is 2. The number of hydrogen-bond acceptors (Lipinski definition) is 7. The number of aliphatic hydroxyl groups excluding tert-OH is 1. The molecular formula is C31H38N6O4. The molecule has 3 atom stereocenters. The van der Waals surface area contributed by atoms with Crippen LogP contribution in [-0.2, 0) is 34.7 Å². The number of para-hydroxylation sites is 1. The summed E-state index contributed by atoms with van der Waals surface area (Å²) in [5, 5.41) is 35.2. The number of nitrogens with zero attached hydrogens (tertiary/aromatic N) is 4. The van der Waals surface area contributed by atoms with Gasteiger partial charge in [-0.25, -0.2) is 0 Å². The Balaban J connectivity index is 1.24. The number of hydrogen-bond donors (Lipinski definition) is 4. The number of amides is 2. The normalized spacial score (nSPS) is 21.3. The molecule has 2 amide bonds. The Kier molecular flexibility index (Phi) is 8.92. The molecule has 0 spiro atoms. The quantitative estimate of drug-likeness (QED) is 0.266. The maximum Gasteiger partial charge on any atom is 0.264 e. The third kappa shape index (κ3) is 6.24. The number of benzene rings is 2. The predicted octanol–water partition coefficient (Wildman–Crippen LogP) is 2.77. The van der Waals surface area contributed by atoms with Crippen LogP contribution in [0.4, 0.5) is 11.4 Å². The Morgan fingerprint density at radius 2 is 2.05 bits per heavy atom. The molecule has 0 saturated carbocycles. The van der Waals surface area contributed by atoms with Crippen molar-refractivity contribution in [2.75, 3.05) is 29.9 Å². The summed E-state index contributed by atoms with van der Waals surface area (Å²) >= 11 is 0. The number of fused-ring (bicyclic) bond motifs is 1. The van der Waals surface area contributed by atoms with Crippen molar-refractivity contribution in [3.8, 4) is 0 Å². The molecule has 10 nitrogen and oxygen atoms in total. The van der Waals surface area contributed by atoms with Gasteiger partial charge >= 0.3 is 0 Å². The van der Waals surface area contributed by atoms with E-state index in [1.54, 1.807) is 9.58 Å². The second-order valence-electron chi connectivity index (χ2n) is 10.9. The molecule has 0 bridgehead atoms. The molecule has 4 N–H and O–H groups in total. The third-order valence-corrected chi connectivity index (χ3v) is 7.97. The predicted molar refractivity (Wildman–Crippen MR) is 156 cm³/mol. The highest BCUT2D eigenvalue weighted by molar-refractivity contribution is 6.07. The van der Waals surface area contributed by atoms with Gasteiger partial charge in [0.2, 0.25) is 5.91 Å². The van der Waals surface area contributed by atoms with E-state index in [4.69, 9.17) is 5.11 Å². The fourth-order valence-corrected chi connectivity index (χ4v) is 5.58. The lowest BCUT2D eigenvalue weighted by Gasteiger charge is -2.27. The molecule has 41 heavy (non-hydrogen) atoms. The summed E-state index contributed by atoms with van der Waals surface area (Å²) in [5.41, 5.74) is 1.97. The lowest BCUT2D eigenvalue weighted by Crippen LogP contribution is -2.44. The van der Waals surface area contributed by atoms with E-state index in [0.29, 0.717) is 43.7 Å². The number of anilines is 2. The van der Waals surface area contributed by atoms with Crippen molar-refractivity contribution in [3.05, 3.63) is 83.7 Å². The first-order chi connectivity index (χ1) is 19.9. The van der Waals surface area contributed by atoms with Gasteiger partial charge in [-0.05, 0) is 49.6 Å². The minimum absolute atomic E-state index is 0.0217. The van der Waals surface area contributed by atoms with Crippen LogP contribution in [0.2, 0.25) is 0 Å². The molecule has 2 aromatic carbocycles. The zero-order chi connectivity index (χ0) is 28.8. The lowest BCUT2D eigenvalue weighted by atomic mass is 9.83. The summed E-state index contributed by atoms with van der Waals surface area (Å²) in [7, 11) is 0. The van der Waals surface area contributed by atoms with Crippen LogP contribution in [0, 0.1) is 11.8 Å². The smallest absolute Gasteiger partial charge is 0.264 e. The third-order valence-electron chi connectivity index (χ3n) is 7.97. The minimum atomic E-state index is -1.68. The second-order valence-corrected chi connectivity index (χ2v) is 10.9. The Bertz CT molecular complexity index is 1380. The van der Waals surface area contributed by atoms with Crippen LogP contribution in [0.15, 0.2) is 66.9 Å². The fraction of sp³-hybridized carbons (Fsp3) is 0.419. The maximum atomic E-state index is 13.8. The molecule has 2 aliphatic rings. The Labute approximate surface area is 240 Å². The van der Waals surface area contributed by atoms with Gasteiger partial charge in [0, 0.05) is 49.5 Å². The molecule has 10 heteroatoms. The SMILES string of the molecule is C[C@H](/C=C/CCn1cc(CCO)nn1)[C@@]1(O)C(=O)N(Cc2ccc(NC(=O)C3CCCNC3)cc2)c2ccccc21. The monoisotopic (exact) mass is 558 g/mol. The highest BCUT2D eigenvalue weighted by atomic mass is 16.3. The number of aryl methyl sites for hydroxylation is 1. The lowest BCUT2D eigenvalue weighted by molar-refractivity contribution is -0.139. The largest absolute Gasteiger partial charge is 0.396 e. The van der Waals surface area contributed by atoms with E-state index < -0.39 is 11.5 Å². The minimum Gasteiger partial charge on any atom is -0.396 e. The Hall–Kier alpha value is -3.86. The van der Waals surface area contributed by atoms with Gasteiger partial charge < -0.3 is 25.7 Å². The highest BCUT2D eigenvalue weighted by Gasteiger charge is 2.52. The van der Waals surface area contributed by atoms with Crippen LogP contribution in [0.5, 0.6) is 0 Å². The number of aromatic nitrogens is 3. The van der Waals surface area contributed by atoms with Crippen LogP contribution in [0.1, 0.15) is 43.0 Å². The van der Waals surface area contributed by atoms with E-state index in [-0.39, 0.29) is 24.3 Å². The van der Waals surface area contributed by atoms with Gasteiger partial charge in [0.15, 0.2) is 5.60 Å². The first-order valence-electron chi connectivity index (χ1n) is 14.3. The average Bonchev–Trinajstić information content (AvgIpc) is 3.53. The van der Waals surface area contributed by atoms with Gasteiger partial charge in [-0.3, -0.25) is 14.3 Å². The topological polar surface area (TPSA) is 133 Å². The Morgan fingerprint density at radius 3 is 2.80 bits per heavy atom. The number of allylic oxidation sites excluding steroid dienone is 1. The average molecular weight is 559 g/mol. The molecular weight excluding hydrogens is 520 g/mol. The number of piperidine rings is 1. The zero-order valence-electron chi connectivity index (χ0n) is 23.4. The first kappa shape index (κ1) is 28.7. The molecule has 1 unspecified atom stereocenters. The van der Waals surface area contributed by atoms with E-state index >= 15 is 0 Å². The molecule has 3 aromatic rings. The number of carbonyl (C=O) groups excluding carboxylic acids is 2. The highest BCUT2D eigenvalue weighted by Crippen LogP contribution is 2.45. The number of rotatable bonds is 11. The van der Waals surface area contributed by atoms with E-state index in [0.717, 1.165) is 36.3 Å². The number of nitrogens with one attached hydrogen (secondary N) is 2. The summed E-state index contributed by atoms with van der Waals surface area (Å²) in [6.07, 6.45) is 8.65. The zero-order valence-corrected chi connectivity index (χ0v) is 23.4. The summed E-state index contributed by atoms with van der Waals surface area (Å²) in [6.45, 7) is 4.44. The van der Waals surface area contributed by atoms with E-state index in [1.165, 1.54) is 0 Å². The molecule has 3 heterocycles. The van der Waals surface area contributed by atoms with Crippen molar-refractivity contribution in [1.82, 2.24) is 20.3 Å². The molecule has 216 valence electrons. The molecule has 1 saturated heterocycles. The van der Waals surface area contributed by atoms with E-state index in [9.17, 15) is 14.7 Å². The molecule has 5 rings (SSSR count). The summed E-state index contributed by atoms with van der Waals surface area (Å²) in [6, 6.07) is 14.9. The van der Waals surface area contributed by atoms with Crippen LogP contribution in [0.3, 0.4) is 0 Å². The van der Waals surface area contributed by atoms with Crippen LogP contribution in [0.25, 0.3) is 0 Å². The van der Waals surface area contributed by atoms with Crippen molar-refractivity contribution in [2.24, 2.45) is 11.8 Å². The molecule has 1 fully saturated rings. The van der Waals surface area contributed by atoms with Crippen LogP contribution >= 0.6 is 0 Å². The van der Waals surface area contributed by atoms with Gasteiger partial charge in [0.25, 0.3) is 5.91 Å². The summed E-state index contributed by atoms with van der Waals surface area (Å²) in [5.74, 6) is -0.826. The van der Waals surface area contributed by atoms with Crippen molar-refractivity contribution in [3.63, 3.8) is 0 Å². The Morgan fingerprint density at radius 1 is 1.24 bits per heavy atom. The molecule has 0 radical (unpaired) electrons. The van der Waals surface area contributed by atoms with Gasteiger partial charge in [-0.2, -0.15) is 0 Å². The number of aliphatic hydroxyl groups is 2. The molecule has 0 aliphatic carbocycles. The van der Waals surface area contributed by atoms with Crippen LogP contribution in [-0.4, -0.2) is 56.7 Å². The molecule has 2 aliphatic heterocycles. The molecule has 1 aromatic heterocycles. The van der Waals surface area contributed by atoms with Gasteiger partial charge in [-0.15, -0.1) is 5.10 Å². The standard InChI is InChI=1S/C31H38N6O4/c1-22(7-4-5-17-36-21-26(15-18-38)34-35-36)31(41)27-9-2-3-10-28(27)37(30(31)40)20-23-11-13-25(14-12-23)33-29(39)24-8-6-16-32-19-24/h2-4,7,9-14,21-22,24,32,38,41H,5-6,8,15-20H2,1H3,(H,33,39)/b7-4+/t22-,24?,31+/m1/s1. The summed E-state index contributed by atoms with van der Waals surface area (Å²) < 4.78 is 1.72.